The van der Waals surface area contributed by atoms with Gasteiger partial charge in [-0.15, -0.1) is 11.3 Å². The molecule has 7 heteroatoms. The summed E-state index contributed by atoms with van der Waals surface area (Å²) in [5, 5.41) is 2.66. The van der Waals surface area contributed by atoms with Gasteiger partial charge >= 0.3 is 5.97 Å². The van der Waals surface area contributed by atoms with Crippen molar-refractivity contribution >= 4 is 28.9 Å². The fourth-order valence-corrected chi connectivity index (χ4v) is 4.58. The van der Waals surface area contributed by atoms with Crippen molar-refractivity contribution in [3.8, 4) is 0 Å². The van der Waals surface area contributed by atoms with E-state index >= 15 is 0 Å². The van der Waals surface area contributed by atoms with Crippen LogP contribution in [0, 0.1) is 0 Å². The van der Waals surface area contributed by atoms with Crippen LogP contribution in [-0.2, 0) is 14.3 Å². The van der Waals surface area contributed by atoms with E-state index in [1.807, 2.05) is 30.1 Å². The number of morpholine rings is 1. The first-order valence-electron chi connectivity index (χ1n) is 8.99. The molecule has 27 heavy (non-hydrogen) atoms. The van der Waals surface area contributed by atoms with E-state index in [1.54, 1.807) is 17.4 Å². The summed E-state index contributed by atoms with van der Waals surface area (Å²) in [6.45, 7) is 3.91. The molecular formula is C20H25ClN2O3S. The van der Waals surface area contributed by atoms with Crippen LogP contribution in [0.25, 0.3) is 0 Å². The average molecular weight is 409 g/mol. The number of likely N-dealkylation sites (N-methyl/N-ethyl adjacent to an activating group) is 1. The summed E-state index contributed by atoms with van der Waals surface area (Å²) in [4.78, 5) is 18.3. The largest absolute Gasteiger partial charge is 0.468 e. The average Bonchev–Trinajstić information content (AvgIpc) is 3.22. The first kappa shape index (κ1) is 20.3. The second-order valence-electron chi connectivity index (χ2n) is 6.57. The number of benzene rings is 1. The van der Waals surface area contributed by atoms with Crippen LogP contribution < -0.4 is 0 Å². The molecule has 146 valence electrons. The zero-order valence-electron chi connectivity index (χ0n) is 15.6. The van der Waals surface area contributed by atoms with E-state index in [2.05, 4.69) is 22.4 Å². The Morgan fingerprint density at radius 2 is 2.04 bits per heavy atom. The molecule has 0 radical (unpaired) electrons. The van der Waals surface area contributed by atoms with Crippen LogP contribution in [-0.4, -0.2) is 62.8 Å². The number of nitrogens with zero attached hydrogens (tertiary/aromatic N) is 2. The number of hydrogen-bond acceptors (Lipinski definition) is 6. The monoisotopic (exact) mass is 408 g/mol. The van der Waals surface area contributed by atoms with Crippen LogP contribution >= 0.6 is 22.9 Å². The summed E-state index contributed by atoms with van der Waals surface area (Å²) in [5.74, 6) is -0.308. The van der Waals surface area contributed by atoms with E-state index in [9.17, 15) is 4.79 Å². The summed E-state index contributed by atoms with van der Waals surface area (Å²) in [5.41, 5.74) is 0.764. The standard InChI is InChI=1S/C20H25ClN2O3S/c1-22(19(20(24)25-2)15-6-3-4-7-16(15)21)14-17(18-8-5-13-27-18)23-9-11-26-12-10-23/h3-8,13,17,19H,9-12,14H2,1-2H3. The molecule has 1 fully saturated rings. The molecule has 2 heterocycles. The zero-order chi connectivity index (χ0) is 19.2. The predicted molar refractivity (Wildman–Crippen MR) is 108 cm³/mol. The SMILES string of the molecule is COC(=O)C(c1ccccc1Cl)N(C)CC(c1cccs1)N1CCOCC1. The summed E-state index contributed by atoms with van der Waals surface area (Å²) in [7, 11) is 3.37. The molecular weight excluding hydrogens is 384 g/mol. The van der Waals surface area contributed by atoms with Gasteiger partial charge in [-0.25, -0.2) is 4.79 Å². The van der Waals surface area contributed by atoms with Crippen molar-refractivity contribution in [3.63, 3.8) is 0 Å². The molecule has 0 saturated carbocycles. The van der Waals surface area contributed by atoms with Gasteiger partial charge in [0.1, 0.15) is 6.04 Å². The Balaban J connectivity index is 1.86. The Bertz CT molecular complexity index is 735. The lowest BCUT2D eigenvalue weighted by Gasteiger charge is -2.37. The van der Waals surface area contributed by atoms with Crippen LogP contribution in [0.3, 0.4) is 0 Å². The molecule has 0 aliphatic carbocycles. The molecule has 2 unspecified atom stereocenters. The van der Waals surface area contributed by atoms with Gasteiger partial charge in [0.15, 0.2) is 0 Å². The topological polar surface area (TPSA) is 42.0 Å². The number of hydrogen-bond donors (Lipinski definition) is 0. The van der Waals surface area contributed by atoms with E-state index in [0.29, 0.717) is 11.6 Å². The molecule has 5 nitrogen and oxygen atoms in total. The molecule has 2 aromatic rings. The Labute approximate surface area is 169 Å². The van der Waals surface area contributed by atoms with Gasteiger partial charge in [0.25, 0.3) is 0 Å². The Hall–Kier alpha value is -1.44. The summed E-state index contributed by atoms with van der Waals surface area (Å²) in [6, 6.07) is 11.3. The first-order valence-corrected chi connectivity index (χ1v) is 10.2. The minimum absolute atomic E-state index is 0.188. The minimum Gasteiger partial charge on any atom is -0.468 e. The van der Waals surface area contributed by atoms with E-state index in [4.69, 9.17) is 21.1 Å². The summed E-state index contributed by atoms with van der Waals surface area (Å²) < 4.78 is 10.6. The van der Waals surface area contributed by atoms with E-state index in [1.165, 1.54) is 12.0 Å². The first-order chi connectivity index (χ1) is 13.1. The van der Waals surface area contributed by atoms with Crippen molar-refractivity contribution in [2.75, 3.05) is 47.0 Å². The van der Waals surface area contributed by atoms with Crippen molar-refractivity contribution in [2.24, 2.45) is 0 Å². The van der Waals surface area contributed by atoms with E-state index in [0.717, 1.165) is 31.9 Å². The number of esters is 1. The third kappa shape index (κ3) is 4.89. The second kappa shape index (κ2) is 9.66. The van der Waals surface area contributed by atoms with Gasteiger partial charge in [-0.2, -0.15) is 0 Å². The highest BCUT2D eigenvalue weighted by molar-refractivity contribution is 7.10. The lowest BCUT2D eigenvalue weighted by atomic mass is 10.0. The van der Waals surface area contributed by atoms with Crippen molar-refractivity contribution in [1.82, 2.24) is 9.80 Å². The molecule has 0 spiro atoms. The van der Waals surface area contributed by atoms with Crippen molar-refractivity contribution in [1.29, 1.82) is 0 Å². The maximum Gasteiger partial charge on any atom is 0.327 e. The van der Waals surface area contributed by atoms with E-state index < -0.39 is 6.04 Å². The van der Waals surface area contributed by atoms with Crippen LogP contribution in [0.2, 0.25) is 5.02 Å². The lowest BCUT2D eigenvalue weighted by molar-refractivity contribution is -0.147. The van der Waals surface area contributed by atoms with Gasteiger partial charge in [0.2, 0.25) is 0 Å². The van der Waals surface area contributed by atoms with Gasteiger partial charge in [0.05, 0.1) is 26.4 Å². The number of methoxy groups -OCH3 is 1. The molecule has 0 bridgehead atoms. The molecule has 0 N–H and O–H groups in total. The molecule has 1 aliphatic rings. The maximum atomic E-state index is 12.6. The summed E-state index contributed by atoms with van der Waals surface area (Å²) >= 11 is 8.13. The van der Waals surface area contributed by atoms with Crippen molar-refractivity contribution < 1.29 is 14.3 Å². The lowest BCUT2D eigenvalue weighted by Crippen LogP contribution is -2.44. The fourth-order valence-electron chi connectivity index (χ4n) is 3.49. The predicted octanol–water partition coefficient (Wildman–Crippen LogP) is 3.62. The molecule has 1 aromatic heterocycles. The zero-order valence-corrected chi connectivity index (χ0v) is 17.2. The number of halogens is 1. The Morgan fingerprint density at radius 3 is 2.67 bits per heavy atom. The quantitative estimate of drug-likeness (QED) is 0.654. The van der Waals surface area contributed by atoms with Crippen LogP contribution in [0.5, 0.6) is 0 Å². The summed E-state index contributed by atoms with van der Waals surface area (Å²) in [6.07, 6.45) is 0. The third-order valence-electron chi connectivity index (χ3n) is 4.88. The fraction of sp³-hybridized carbons (Fsp3) is 0.450. The highest BCUT2D eigenvalue weighted by Crippen LogP contribution is 2.32. The van der Waals surface area contributed by atoms with Gasteiger partial charge in [-0.3, -0.25) is 9.80 Å². The van der Waals surface area contributed by atoms with Crippen molar-refractivity contribution in [2.45, 2.75) is 12.1 Å². The highest BCUT2D eigenvalue weighted by atomic mass is 35.5. The number of rotatable bonds is 7. The van der Waals surface area contributed by atoms with Gasteiger partial charge in [-0.1, -0.05) is 35.9 Å². The van der Waals surface area contributed by atoms with E-state index in [-0.39, 0.29) is 12.0 Å². The maximum absolute atomic E-state index is 12.6. The molecule has 1 aromatic carbocycles. The van der Waals surface area contributed by atoms with Crippen molar-refractivity contribution in [3.05, 3.63) is 57.2 Å². The number of ether oxygens (including phenoxy) is 2. The number of carbonyl (C=O) groups is 1. The van der Waals surface area contributed by atoms with Gasteiger partial charge in [0, 0.05) is 29.5 Å². The second-order valence-corrected chi connectivity index (χ2v) is 7.95. The normalized spacial score (nSPS) is 17.6. The molecule has 0 amide bonds. The van der Waals surface area contributed by atoms with Crippen LogP contribution in [0.1, 0.15) is 22.5 Å². The van der Waals surface area contributed by atoms with Crippen LogP contribution in [0.15, 0.2) is 41.8 Å². The highest BCUT2D eigenvalue weighted by Gasteiger charge is 2.32. The Kier molecular flexibility index (Phi) is 7.26. The molecule has 1 aliphatic heterocycles. The molecule has 2 atom stereocenters. The number of thiophene rings is 1. The number of carbonyl (C=O) groups excluding carboxylic acids is 1. The third-order valence-corrected chi connectivity index (χ3v) is 6.20. The smallest absolute Gasteiger partial charge is 0.327 e. The van der Waals surface area contributed by atoms with Crippen LogP contribution in [0.4, 0.5) is 0 Å². The van der Waals surface area contributed by atoms with Gasteiger partial charge in [-0.05, 0) is 30.1 Å². The minimum atomic E-state index is -0.549. The molecule has 1 saturated heterocycles. The Morgan fingerprint density at radius 1 is 1.30 bits per heavy atom. The molecule has 3 rings (SSSR count). The van der Waals surface area contributed by atoms with Gasteiger partial charge < -0.3 is 9.47 Å².